The summed E-state index contributed by atoms with van der Waals surface area (Å²) < 4.78 is 47.8. The zero-order valence-corrected chi connectivity index (χ0v) is 13.6. The molecule has 2 rings (SSSR count). The van der Waals surface area contributed by atoms with Crippen LogP contribution in [0.3, 0.4) is 0 Å². The predicted molar refractivity (Wildman–Crippen MR) is 86.8 cm³/mol. The van der Waals surface area contributed by atoms with Crippen LogP contribution >= 0.6 is 0 Å². The Morgan fingerprint density at radius 2 is 1.72 bits per heavy atom. The number of benzene rings is 2. The summed E-state index contributed by atoms with van der Waals surface area (Å²) >= 11 is 0. The van der Waals surface area contributed by atoms with Crippen LogP contribution in [0.25, 0.3) is 0 Å². The first kappa shape index (κ1) is 18.4. The molecule has 5 nitrogen and oxygen atoms in total. The van der Waals surface area contributed by atoms with Crippen molar-refractivity contribution >= 4 is 11.7 Å². The highest BCUT2D eigenvalue weighted by Gasteiger charge is 2.29. The van der Waals surface area contributed by atoms with Gasteiger partial charge < -0.3 is 20.1 Å². The van der Waals surface area contributed by atoms with Gasteiger partial charge >= 0.3 is 12.2 Å². The van der Waals surface area contributed by atoms with Crippen LogP contribution in [-0.2, 0) is 12.7 Å². The first-order chi connectivity index (χ1) is 11.8. The summed E-state index contributed by atoms with van der Waals surface area (Å²) in [6.07, 6.45) is -4.38. The van der Waals surface area contributed by atoms with Crippen LogP contribution in [0, 0.1) is 0 Å². The molecule has 2 aromatic carbocycles. The number of rotatable bonds is 5. The molecule has 8 heteroatoms. The van der Waals surface area contributed by atoms with E-state index in [0.29, 0.717) is 22.7 Å². The van der Waals surface area contributed by atoms with Gasteiger partial charge in [0.1, 0.15) is 11.5 Å². The van der Waals surface area contributed by atoms with Crippen molar-refractivity contribution in [2.45, 2.75) is 12.7 Å². The molecule has 0 aliphatic rings. The monoisotopic (exact) mass is 354 g/mol. The quantitative estimate of drug-likeness (QED) is 0.852. The molecule has 0 radical (unpaired) electrons. The number of carbonyl (C=O) groups excluding carboxylic acids is 1. The normalized spacial score (nSPS) is 10.9. The summed E-state index contributed by atoms with van der Waals surface area (Å²) in [5.41, 5.74) is 0.217. The summed E-state index contributed by atoms with van der Waals surface area (Å²) in [5, 5.41) is 5.17. The first-order valence-electron chi connectivity index (χ1n) is 7.26. The molecule has 2 amide bonds. The van der Waals surface area contributed by atoms with Gasteiger partial charge in [-0.2, -0.15) is 13.2 Å². The van der Waals surface area contributed by atoms with Crippen LogP contribution in [0.5, 0.6) is 11.5 Å². The lowest BCUT2D eigenvalue weighted by Gasteiger charge is -2.13. The van der Waals surface area contributed by atoms with Crippen molar-refractivity contribution in [3.05, 3.63) is 53.6 Å². The smallest absolute Gasteiger partial charge is 0.416 e. The van der Waals surface area contributed by atoms with E-state index in [2.05, 4.69) is 10.6 Å². The van der Waals surface area contributed by atoms with Crippen LogP contribution in [0.2, 0.25) is 0 Å². The average Bonchev–Trinajstić information content (AvgIpc) is 2.59. The molecule has 0 aliphatic carbocycles. The number of nitrogens with one attached hydrogen (secondary N) is 2. The van der Waals surface area contributed by atoms with Gasteiger partial charge in [-0.05, 0) is 29.8 Å². The first-order valence-corrected chi connectivity index (χ1v) is 7.26. The second-order valence-corrected chi connectivity index (χ2v) is 5.07. The van der Waals surface area contributed by atoms with E-state index in [9.17, 15) is 18.0 Å². The Hall–Kier alpha value is -2.90. The summed E-state index contributed by atoms with van der Waals surface area (Å²) in [4.78, 5) is 12.0. The van der Waals surface area contributed by atoms with Gasteiger partial charge in [-0.1, -0.05) is 12.1 Å². The summed E-state index contributed by atoms with van der Waals surface area (Å²) in [6.45, 7) is 0.0796. The molecule has 2 N–H and O–H groups in total. The molecule has 0 unspecified atom stereocenters. The van der Waals surface area contributed by atoms with Crippen molar-refractivity contribution < 1.29 is 27.4 Å². The van der Waals surface area contributed by atoms with E-state index in [1.807, 2.05) is 0 Å². The molecule has 134 valence electrons. The van der Waals surface area contributed by atoms with E-state index < -0.39 is 17.8 Å². The number of anilines is 1. The van der Waals surface area contributed by atoms with Crippen molar-refractivity contribution in [2.24, 2.45) is 0 Å². The van der Waals surface area contributed by atoms with E-state index in [1.54, 1.807) is 18.2 Å². The van der Waals surface area contributed by atoms with Crippen LogP contribution in [0.15, 0.2) is 42.5 Å². The van der Waals surface area contributed by atoms with E-state index in [4.69, 9.17) is 9.47 Å². The lowest BCUT2D eigenvalue weighted by atomic mass is 10.1. The second-order valence-electron chi connectivity index (χ2n) is 5.07. The molecule has 0 aromatic heterocycles. The predicted octanol–water partition coefficient (Wildman–Crippen LogP) is 4.04. The lowest BCUT2D eigenvalue weighted by molar-refractivity contribution is -0.137. The van der Waals surface area contributed by atoms with Gasteiger partial charge in [0.05, 0.1) is 25.5 Å². The van der Waals surface area contributed by atoms with Gasteiger partial charge in [0.15, 0.2) is 0 Å². The largest absolute Gasteiger partial charge is 0.497 e. The molecule has 0 fully saturated rings. The fourth-order valence-corrected chi connectivity index (χ4v) is 2.07. The maximum absolute atomic E-state index is 12.5. The zero-order valence-electron chi connectivity index (χ0n) is 13.6. The lowest BCUT2D eigenvalue weighted by Crippen LogP contribution is -2.28. The highest BCUT2D eigenvalue weighted by Crippen LogP contribution is 2.30. The van der Waals surface area contributed by atoms with Crippen LogP contribution in [-0.4, -0.2) is 20.3 Å². The maximum atomic E-state index is 12.5. The fraction of sp³-hybridized carbons (Fsp3) is 0.235. The molecule has 25 heavy (non-hydrogen) atoms. The number of carbonyl (C=O) groups is 1. The summed E-state index contributed by atoms with van der Waals surface area (Å²) in [6, 6.07) is 8.97. The molecule has 0 bridgehead atoms. The fourth-order valence-electron chi connectivity index (χ4n) is 2.07. The number of methoxy groups -OCH3 is 2. The number of ether oxygens (including phenoxy) is 2. The molecule has 0 heterocycles. The third-order valence-corrected chi connectivity index (χ3v) is 3.39. The third-order valence-electron chi connectivity index (χ3n) is 3.39. The third kappa shape index (κ3) is 5.03. The number of hydrogen-bond acceptors (Lipinski definition) is 3. The van der Waals surface area contributed by atoms with Gasteiger partial charge in [0.25, 0.3) is 0 Å². The number of amides is 2. The van der Waals surface area contributed by atoms with Crippen LogP contribution < -0.4 is 20.1 Å². The van der Waals surface area contributed by atoms with Crippen molar-refractivity contribution in [1.29, 1.82) is 0 Å². The van der Waals surface area contributed by atoms with E-state index in [0.717, 1.165) is 12.1 Å². The minimum atomic E-state index is -4.38. The Morgan fingerprint density at radius 1 is 1.04 bits per heavy atom. The maximum Gasteiger partial charge on any atom is 0.416 e. The molecular weight excluding hydrogens is 337 g/mol. The molecular formula is C17H17F3N2O3. The van der Waals surface area contributed by atoms with Crippen molar-refractivity contribution in [3.63, 3.8) is 0 Å². The molecule has 0 saturated heterocycles. The van der Waals surface area contributed by atoms with E-state index >= 15 is 0 Å². The Morgan fingerprint density at radius 3 is 2.28 bits per heavy atom. The zero-order chi connectivity index (χ0) is 18.4. The van der Waals surface area contributed by atoms with Gasteiger partial charge in [-0.25, -0.2) is 4.79 Å². The SMILES string of the molecule is COc1ccc(OC)c(NC(=O)NCc2ccc(C(F)(F)F)cc2)c1. The topological polar surface area (TPSA) is 59.6 Å². The number of halogens is 3. The Balaban J connectivity index is 1.97. The highest BCUT2D eigenvalue weighted by molar-refractivity contribution is 5.91. The Labute approximate surface area is 142 Å². The Bertz CT molecular complexity index is 731. The van der Waals surface area contributed by atoms with Crippen LogP contribution in [0.1, 0.15) is 11.1 Å². The second kappa shape index (κ2) is 7.78. The van der Waals surface area contributed by atoms with E-state index in [1.165, 1.54) is 26.4 Å². The van der Waals surface area contributed by atoms with Crippen molar-refractivity contribution in [1.82, 2.24) is 5.32 Å². The standard InChI is InChI=1S/C17H17F3N2O3/c1-24-13-7-8-15(25-2)14(9-13)22-16(23)21-10-11-3-5-12(6-4-11)17(18,19)20/h3-9H,10H2,1-2H3,(H2,21,22,23). The Kier molecular flexibility index (Phi) is 5.74. The minimum absolute atomic E-state index is 0.0796. The van der Waals surface area contributed by atoms with Gasteiger partial charge in [-0.3, -0.25) is 0 Å². The van der Waals surface area contributed by atoms with Crippen molar-refractivity contribution in [3.8, 4) is 11.5 Å². The molecule has 0 saturated carbocycles. The van der Waals surface area contributed by atoms with Gasteiger partial charge in [0.2, 0.25) is 0 Å². The van der Waals surface area contributed by atoms with Gasteiger partial charge in [-0.15, -0.1) is 0 Å². The molecule has 0 atom stereocenters. The van der Waals surface area contributed by atoms with Crippen LogP contribution in [0.4, 0.5) is 23.7 Å². The summed E-state index contributed by atoms with van der Waals surface area (Å²) in [7, 11) is 2.96. The van der Waals surface area contributed by atoms with Crippen molar-refractivity contribution in [2.75, 3.05) is 19.5 Å². The number of urea groups is 1. The number of alkyl halides is 3. The number of hydrogen-bond donors (Lipinski definition) is 2. The molecule has 0 spiro atoms. The van der Waals surface area contributed by atoms with Gasteiger partial charge in [0, 0.05) is 12.6 Å². The molecule has 2 aromatic rings. The average molecular weight is 354 g/mol. The highest BCUT2D eigenvalue weighted by atomic mass is 19.4. The summed E-state index contributed by atoms with van der Waals surface area (Å²) in [5.74, 6) is 0.990. The minimum Gasteiger partial charge on any atom is -0.497 e. The van der Waals surface area contributed by atoms with E-state index in [-0.39, 0.29) is 6.54 Å². The molecule has 0 aliphatic heterocycles.